The Morgan fingerprint density at radius 3 is 1.78 bits per heavy atom. The third kappa shape index (κ3) is 34.7. The second-order valence-electron chi connectivity index (χ2n) is 14.3. The summed E-state index contributed by atoms with van der Waals surface area (Å²) in [7, 11) is 1.53. The molecule has 0 aliphatic heterocycles. The molecule has 3 atom stereocenters. The first-order valence-electron chi connectivity index (χ1n) is 19.5. The van der Waals surface area contributed by atoms with Crippen LogP contribution in [0.15, 0.2) is 48.6 Å². The largest absolute Gasteiger partial charge is 0.472 e. The molecule has 8 nitrogen and oxygen atoms in total. The fourth-order valence-electron chi connectivity index (χ4n) is 5.08. The maximum Gasteiger partial charge on any atom is 0.472 e. The second-order valence-corrected chi connectivity index (χ2v) is 15.7. The van der Waals surface area contributed by atoms with Gasteiger partial charge in [0, 0.05) is 6.42 Å². The fourth-order valence-corrected chi connectivity index (χ4v) is 5.82. The molecule has 0 fully saturated rings. The lowest BCUT2D eigenvalue weighted by Crippen LogP contribution is -2.45. The number of phosphoric acid groups is 1. The Morgan fingerprint density at radius 1 is 0.694 bits per heavy atom. The van der Waals surface area contributed by atoms with Crippen LogP contribution in [0.5, 0.6) is 0 Å². The molecule has 0 spiro atoms. The monoisotopic (exact) mass is 712 g/mol. The highest BCUT2D eigenvalue weighted by molar-refractivity contribution is 7.47. The maximum absolute atomic E-state index is 12.8. The van der Waals surface area contributed by atoms with E-state index in [-0.39, 0.29) is 19.1 Å². The molecule has 0 aromatic carbocycles. The molecular formula is C40H76N2O6P+. The molecule has 49 heavy (non-hydrogen) atoms. The van der Waals surface area contributed by atoms with Crippen LogP contribution in [0.25, 0.3) is 0 Å². The van der Waals surface area contributed by atoms with Crippen LogP contribution in [0, 0.1) is 0 Å². The third-order valence-corrected chi connectivity index (χ3v) is 9.26. The lowest BCUT2D eigenvalue weighted by atomic mass is 10.1. The zero-order valence-electron chi connectivity index (χ0n) is 32.2. The predicted octanol–water partition coefficient (Wildman–Crippen LogP) is 10.1. The molecule has 0 aliphatic carbocycles. The van der Waals surface area contributed by atoms with Gasteiger partial charge in [-0.1, -0.05) is 127 Å². The molecule has 1 amide bonds. The van der Waals surface area contributed by atoms with Crippen molar-refractivity contribution in [3.63, 3.8) is 0 Å². The number of nitrogens with one attached hydrogen (secondary N) is 1. The SMILES string of the molecule is CCCCCC/C=C\C/C=C\CCCCCCCC(=O)NC(COP(=O)(O)OCC[N+](C)(C)C)C(O)/C=C/CC/C=C/CCCCCCC. The van der Waals surface area contributed by atoms with Crippen molar-refractivity contribution < 1.29 is 32.9 Å². The number of quaternary nitrogens is 1. The molecule has 0 heterocycles. The van der Waals surface area contributed by atoms with Crippen molar-refractivity contribution in [2.24, 2.45) is 0 Å². The number of carbonyl (C=O) groups excluding carboxylic acids is 1. The highest BCUT2D eigenvalue weighted by Crippen LogP contribution is 2.43. The van der Waals surface area contributed by atoms with E-state index in [9.17, 15) is 19.4 Å². The molecule has 0 aromatic rings. The molecule has 9 heteroatoms. The minimum absolute atomic E-state index is 0.0515. The summed E-state index contributed by atoms with van der Waals surface area (Å²) < 4.78 is 23.4. The number of carbonyl (C=O) groups is 1. The molecule has 0 bridgehead atoms. The van der Waals surface area contributed by atoms with Crippen LogP contribution in [0.1, 0.15) is 149 Å². The van der Waals surface area contributed by atoms with Crippen LogP contribution < -0.4 is 5.32 Å². The van der Waals surface area contributed by atoms with Crippen molar-refractivity contribution in [3.8, 4) is 0 Å². The quantitative estimate of drug-likeness (QED) is 0.0266. The van der Waals surface area contributed by atoms with E-state index in [0.717, 1.165) is 64.2 Å². The van der Waals surface area contributed by atoms with Gasteiger partial charge >= 0.3 is 7.82 Å². The Bertz CT molecular complexity index is 944. The summed E-state index contributed by atoms with van der Waals surface area (Å²) in [5.41, 5.74) is 0. The van der Waals surface area contributed by atoms with Gasteiger partial charge in [-0.25, -0.2) is 4.57 Å². The number of allylic oxidation sites excluding steroid dienone is 7. The number of hydrogen-bond acceptors (Lipinski definition) is 5. The number of phosphoric ester groups is 1. The first kappa shape index (κ1) is 47.5. The topological polar surface area (TPSA) is 105 Å². The van der Waals surface area contributed by atoms with Crippen LogP contribution in [0.3, 0.4) is 0 Å². The second kappa shape index (κ2) is 32.4. The number of aliphatic hydroxyl groups excluding tert-OH is 1. The van der Waals surface area contributed by atoms with Crippen LogP contribution in [0.4, 0.5) is 0 Å². The Morgan fingerprint density at radius 2 is 1.18 bits per heavy atom. The Balaban J connectivity index is 4.57. The molecule has 0 aromatic heterocycles. The molecule has 0 saturated heterocycles. The molecule has 0 aliphatic rings. The summed E-state index contributed by atoms with van der Waals surface area (Å²) in [5.74, 6) is -0.206. The van der Waals surface area contributed by atoms with E-state index in [1.807, 2.05) is 27.2 Å². The summed E-state index contributed by atoms with van der Waals surface area (Å²) in [6.45, 7) is 4.71. The van der Waals surface area contributed by atoms with Gasteiger partial charge in [-0.05, 0) is 64.2 Å². The van der Waals surface area contributed by atoms with Crippen molar-refractivity contribution in [1.29, 1.82) is 0 Å². The first-order chi connectivity index (χ1) is 23.5. The maximum atomic E-state index is 12.8. The van der Waals surface area contributed by atoms with E-state index in [4.69, 9.17) is 9.05 Å². The van der Waals surface area contributed by atoms with E-state index in [1.165, 1.54) is 64.2 Å². The molecule has 0 radical (unpaired) electrons. The lowest BCUT2D eigenvalue weighted by Gasteiger charge is -2.25. The number of nitrogens with zero attached hydrogens (tertiary/aromatic N) is 1. The number of aliphatic hydroxyl groups is 1. The van der Waals surface area contributed by atoms with Crippen LogP contribution in [-0.4, -0.2) is 73.4 Å². The lowest BCUT2D eigenvalue weighted by molar-refractivity contribution is -0.870. The van der Waals surface area contributed by atoms with Crippen molar-refractivity contribution in [2.45, 2.75) is 161 Å². The average molecular weight is 712 g/mol. The van der Waals surface area contributed by atoms with Crippen molar-refractivity contribution in [3.05, 3.63) is 48.6 Å². The molecule has 286 valence electrons. The van der Waals surface area contributed by atoms with E-state index < -0.39 is 20.0 Å². The number of hydrogen-bond donors (Lipinski definition) is 3. The van der Waals surface area contributed by atoms with Crippen LogP contribution in [0.2, 0.25) is 0 Å². The highest BCUT2D eigenvalue weighted by atomic mass is 31.2. The number of likely N-dealkylation sites (N-methyl/N-ethyl adjacent to an activating group) is 1. The minimum atomic E-state index is -4.34. The molecule has 3 N–H and O–H groups in total. The van der Waals surface area contributed by atoms with E-state index in [0.29, 0.717) is 17.4 Å². The average Bonchev–Trinajstić information content (AvgIpc) is 3.04. The Kier molecular flexibility index (Phi) is 31.4. The zero-order chi connectivity index (χ0) is 36.5. The van der Waals surface area contributed by atoms with Crippen LogP contribution in [-0.2, 0) is 18.4 Å². The highest BCUT2D eigenvalue weighted by Gasteiger charge is 2.27. The summed E-state index contributed by atoms with van der Waals surface area (Å²) >= 11 is 0. The van der Waals surface area contributed by atoms with Gasteiger partial charge in [0.15, 0.2) is 0 Å². The predicted molar refractivity (Wildman–Crippen MR) is 207 cm³/mol. The van der Waals surface area contributed by atoms with Crippen molar-refractivity contribution in [2.75, 3.05) is 40.9 Å². The van der Waals surface area contributed by atoms with E-state index in [1.54, 1.807) is 6.08 Å². The summed E-state index contributed by atoms with van der Waals surface area (Å²) in [6.07, 6.45) is 38.9. The van der Waals surface area contributed by atoms with Crippen molar-refractivity contribution >= 4 is 13.7 Å². The van der Waals surface area contributed by atoms with Crippen LogP contribution >= 0.6 is 7.82 Å². The number of rotatable bonds is 34. The molecule has 3 unspecified atom stereocenters. The van der Waals surface area contributed by atoms with E-state index >= 15 is 0 Å². The fraction of sp³-hybridized carbons (Fsp3) is 0.775. The molecule has 0 saturated carbocycles. The van der Waals surface area contributed by atoms with Gasteiger partial charge in [-0.15, -0.1) is 0 Å². The van der Waals surface area contributed by atoms with Gasteiger partial charge in [0.1, 0.15) is 13.2 Å². The summed E-state index contributed by atoms with van der Waals surface area (Å²) in [5, 5.41) is 13.7. The van der Waals surface area contributed by atoms with Gasteiger partial charge < -0.3 is 19.8 Å². The summed E-state index contributed by atoms with van der Waals surface area (Å²) in [6, 6.07) is -0.868. The number of unbranched alkanes of at least 4 members (excludes halogenated alkanes) is 15. The smallest absolute Gasteiger partial charge is 0.387 e. The summed E-state index contributed by atoms with van der Waals surface area (Å²) in [4.78, 5) is 23.0. The molecular weight excluding hydrogens is 635 g/mol. The minimum Gasteiger partial charge on any atom is -0.387 e. The van der Waals surface area contributed by atoms with Gasteiger partial charge in [-0.2, -0.15) is 0 Å². The van der Waals surface area contributed by atoms with Gasteiger partial charge in [0.2, 0.25) is 5.91 Å². The first-order valence-corrected chi connectivity index (χ1v) is 21.0. The van der Waals surface area contributed by atoms with Gasteiger partial charge in [-0.3, -0.25) is 13.8 Å². The van der Waals surface area contributed by atoms with Gasteiger partial charge in [0.25, 0.3) is 0 Å². The standard InChI is InChI=1S/C40H75N2O6P/c1-6-8-10-12-14-16-18-19-20-21-22-24-26-28-30-32-34-40(44)41-38(37-48-49(45,46)47-36-35-42(3,4)5)39(43)33-31-29-27-25-23-17-15-13-11-9-7-2/h16,18,20-21,23,25,31,33,38-39,43H,6-15,17,19,22,24,26-30,32,34-37H2,1-5H3,(H-,41,44,45,46)/p+1/b18-16-,21-20-,25-23+,33-31+. The Hall–Kier alpha value is -1.54. The number of amides is 1. The Labute approximate surface area is 301 Å². The zero-order valence-corrected chi connectivity index (χ0v) is 33.1. The third-order valence-electron chi connectivity index (χ3n) is 8.27. The van der Waals surface area contributed by atoms with Gasteiger partial charge in [0.05, 0.1) is 39.9 Å². The van der Waals surface area contributed by atoms with Crippen molar-refractivity contribution in [1.82, 2.24) is 5.32 Å². The normalized spacial score (nSPS) is 15.2. The molecule has 0 rings (SSSR count). The van der Waals surface area contributed by atoms with E-state index in [2.05, 4.69) is 55.6 Å².